The molecule has 2 aromatic rings. The molecular formula is C25H29F3N2O5. The third kappa shape index (κ3) is 5.10. The zero-order chi connectivity index (χ0) is 25.4. The van der Waals surface area contributed by atoms with Crippen molar-refractivity contribution in [2.75, 3.05) is 25.6 Å². The van der Waals surface area contributed by atoms with Crippen LogP contribution in [0.5, 0.6) is 5.75 Å². The van der Waals surface area contributed by atoms with Crippen LogP contribution in [0.1, 0.15) is 54.2 Å². The summed E-state index contributed by atoms with van der Waals surface area (Å²) in [6.45, 7) is 2.81. The van der Waals surface area contributed by atoms with Gasteiger partial charge in [0.25, 0.3) is 0 Å². The van der Waals surface area contributed by atoms with Crippen LogP contribution in [0.25, 0.3) is 0 Å². The van der Waals surface area contributed by atoms with E-state index >= 15 is 0 Å². The van der Waals surface area contributed by atoms with Gasteiger partial charge in [0.15, 0.2) is 6.10 Å². The zero-order valence-electron chi connectivity index (χ0n) is 19.5. The number of carbonyl (C=O) groups excluding carboxylic acids is 1. The summed E-state index contributed by atoms with van der Waals surface area (Å²) in [5.74, 6) is -0.278. The Bertz CT molecular complexity index is 1090. The molecule has 1 heterocycles. The van der Waals surface area contributed by atoms with Crippen molar-refractivity contribution in [3.63, 3.8) is 0 Å². The van der Waals surface area contributed by atoms with E-state index in [1.54, 1.807) is 18.2 Å². The van der Waals surface area contributed by atoms with Gasteiger partial charge in [-0.2, -0.15) is 13.2 Å². The Morgan fingerprint density at radius 1 is 1.23 bits per heavy atom. The van der Waals surface area contributed by atoms with Gasteiger partial charge in [-0.1, -0.05) is 31.2 Å². The predicted molar refractivity (Wildman–Crippen MR) is 122 cm³/mol. The number of fused-ring (bicyclic) bond motifs is 1. The Morgan fingerprint density at radius 3 is 2.54 bits per heavy atom. The lowest BCUT2D eigenvalue weighted by Crippen LogP contribution is -2.40. The highest BCUT2D eigenvalue weighted by atomic mass is 19.4. The fraction of sp³-hybridized carbons (Fsp3) is 0.480. The number of hydrogen-bond donors (Lipinski definition) is 4. The van der Waals surface area contributed by atoms with E-state index < -0.39 is 41.4 Å². The molecule has 1 fully saturated rings. The highest BCUT2D eigenvalue weighted by Crippen LogP contribution is 2.45. The molecule has 2 amide bonds. The topological polar surface area (TPSA) is 100 Å². The first kappa shape index (κ1) is 25.3. The van der Waals surface area contributed by atoms with E-state index in [1.807, 2.05) is 19.1 Å². The van der Waals surface area contributed by atoms with Crippen molar-refractivity contribution in [2.45, 2.75) is 56.0 Å². The minimum Gasteiger partial charge on any atom is -0.494 e. The fourth-order valence-corrected chi connectivity index (χ4v) is 4.84. The first-order valence-corrected chi connectivity index (χ1v) is 11.4. The van der Waals surface area contributed by atoms with E-state index in [2.05, 4.69) is 10.6 Å². The van der Waals surface area contributed by atoms with Gasteiger partial charge in [-0.3, -0.25) is 0 Å². The van der Waals surface area contributed by atoms with Gasteiger partial charge in [0, 0.05) is 18.8 Å². The quantitative estimate of drug-likeness (QED) is 0.501. The number of halogens is 3. The van der Waals surface area contributed by atoms with Crippen LogP contribution in [0.15, 0.2) is 36.4 Å². The SMILES string of the molecule is COc1c(NC(=O)N[C@@H]2Cc3ccccc3[C@H]2O)cc(C2(C)CCOCC2)cc1C(O)C(F)(F)F. The smallest absolute Gasteiger partial charge is 0.418 e. The van der Waals surface area contributed by atoms with E-state index in [-0.39, 0.29) is 11.4 Å². The number of anilines is 1. The minimum atomic E-state index is -4.93. The maximum absolute atomic E-state index is 13.5. The van der Waals surface area contributed by atoms with E-state index in [9.17, 15) is 28.2 Å². The lowest BCUT2D eigenvalue weighted by atomic mass is 9.75. The molecule has 2 aliphatic rings. The summed E-state index contributed by atoms with van der Waals surface area (Å²) >= 11 is 0. The van der Waals surface area contributed by atoms with Gasteiger partial charge in [0.1, 0.15) is 5.75 Å². The predicted octanol–water partition coefficient (Wildman–Crippen LogP) is 4.14. The summed E-state index contributed by atoms with van der Waals surface area (Å²) in [5, 5.41) is 26.0. The molecule has 2 aromatic carbocycles. The fourth-order valence-electron chi connectivity index (χ4n) is 4.84. The van der Waals surface area contributed by atoms with Crippen LogP contribution in [-0.2, 0) is 16.6 Å². The summed E-state index contributed by atoms with van der Waals surface area (Å²) in [4.78, 5) is 12.9. The summed E-state index contributed by atoms with van der Waals surface area (Å²) in [5.41, 5.74) is 1.17. The number of amides is 2. The number of carbonyl (C=O) groups is 1. The van der Waals surface area contributed by atoms with Crippen LogP contribution in [0.3, 0.4) is 0 Å². The standard InChI is InChI=1S/C25H29F3N2O5/c1-24(7-9-35-10-8-24)15-12-17(22(32)25(26,27)28)21(34-2)19(13-15)30-23(33)29-18-11-14-5-3-4-6-16(14)20(18)31/h3-6,12-13,18,20,22,31-32H,7-11H2,1-2H3,(H2,29,30,33)/t18-,20-,22?/m1/s1. The van der Waals surface area contributed by atoms with Crippen molar-refractivity contribution in [1.29, 1.82) is 0 Å². The molecular weight excluding hydrogens is 465 g/mol. The summed E-state index contributed by atoms with van der Waals surface area (Å²) < 4.78 is 51.2. The monoisotopic (exact) mass is 494 g/mol. The third-order valence-electron chi connectivity index (χ3n) is 6.98. The van der Waals surface area contributed by atoms with Gasteiger partial charge >= 0.3 is 12.2 Å². The molecule has 0 bridgehead atoms. The van der Waals surface area contributed by atoms with Crippen LogP contribution < -0.4 is 15.4 Å². The number of methoxy groups -OCH3 is 1. The van der Waals surface area contributed by atoms with Crippen LogP contribution in [0, 0.1) is 0 Å². The molecule has 1 unspecified atom stereocenters. The third-order valence-corrected chi connectivity index (χ3v) is 6.98. The van der Waals surface area contributed by atoms with E-state index in [1.165, 1.54) is 13.2 Å². The molecule has 10 heteroatoms. The molecule has 0 aromatic heterocycles. The number of benzene rings is 2. The molecule has 4 rings (SSSR count). The van der Waals surface area contributed by atoms with Crippen molar-refractivity contribution >= 4 is 11.7 Å². The summed E-state index contributed by atoms with van der Waals surface area (Å²) in [6.07, 6.45) is -7.08. The molecule has 1 saturated heterocycles. The Balaban J connectivity index is 1.65. The number of urea groups is 1. The summed E-state index contributed by atoms with van der Waals surface area (Å²) in [6, 6.07) is 8.85. The number of aliphatic hydroxyl groups excluding tert-OH is 2. The highest BCUT2D eigenvalue weighted by Gasteiger charge is 2.43. The Hall–Kier alpha value is -2.82. The van der Waals surface area contributed by atoms with Crippen molar-refractivity contribution in [3.05, 3.63) is 58.7 Å². The van der Waals surface area contributed by atoms with E-state index in [4.69, 9.17) is 9.47 Å². The number of ether oxygens (including phenoxy) is 2. The second-order valence-corrected chi connectivity index (χ2v) is 9.32. The van der Waals surface area contributed by atoms with Crippen molar-refractivity contribution < 1.29 is 37.7 Å². The minimum absolute atomic E-state index is 0.00137. The second kappa shape index (κ2) is 9.67. The maximum Gasteiger partial charge on any atom is 0.418 e. The number of rotatable bonds is 5. The first-order valence-electron chi connectivity index (χ1n) is 11.4. The maximum atomic E-state index is 13.5. The van der Waals surface area contributed by atoms with Gasteiger partial charge in [0.05, 0.1) is 24.9 Å². The van der Waals surface area contributed by atoms with Crippen LogP contribution >= 0.6 is 0 Å². The normalized spacial score (nSPS) is 22.3. The Labute approximate surface area is 201 Å². The molecule has 190 valence electrons. The molecule has 0 spiro atoms. The molecule has 4 N–H and O–H groups in total. The Morgan fingerprint density at radius 2 is 1.91 bits per heavy atom. The molecule has 0 saturated carbocycles. The highest BCUT2D eigenvalue weighted by molar-refractivity contribution is 5.92. The molecule has 1 aliphatic heterocycles. The molecule has 3 atom stereocenters. The number of nitrogens with one attached hydrogen (secondary N) is 2. The van der Waals surface area contributed by atoms with Crippen molar-refractivity contribution in [1.82, 2.24) is 5.32 Å². The average molecular weight is 495 g/mol. The van der Waals surface area contributed by atoms with Crippen molar-refractivity contribution in [3.8, 4) is 5.75 Å². The van der Waals surface area contributed by atoms with Crippen molar-refractivity contribution in [2.24, 2.45) is 0 Å². The first-order chi connectivity index (χ1) is 16.5. The number of aliphatic hydroxyl groups is 2. The molecule has 0 radical (unpaired) electrons. The molecule has 35 heavy (non-hydrogen) atoms. The molecule has 1 aliphatic carbocycles. The average Bonchev–Trinajstić information content (AvgIpc) is 3.13. The Kier molecular flexibility index (Phi) is 6.99. The zero-order valence-corrected chi connectivity index (χ0v) is 19.5. The molecule has 7 nitrogen and oxygen atoms in total. The number of alkyl halides is 3. The lowest BCUT2D eigenvalue weighted by Gasteiger charge is -2.35. The van der Waals surface area contributed by atoms with E-state index in [0.29, 0.717) is 38.0 Å². The van der Waals surface area contributed by atoms with Gasteiger partial charge in [-0.25, -0.2) is 4.79 Å². The van der Waals surface area contributed by atoms with Crippen LogP contribution in [-0.4, -0.2) is 48.8 Å². The summed E-state index contributed by atoms with van der Waals surface area (Å²) in [7, 11) is 1.18. The van der Waals surface area contributed by atoms with Crippen LogP contribution in [0.4, 0.5) is 23.7 Å². The second-order valence-electron chi connectivity index (χ2n) is 9.32. The number of hydrogen-bond acceptors (Lipinski definition) is 5. The largest absolute Gasteiger partial charge is 0.494 e. The van der Waals surface area contributed by atoms with Gasteiger partial charge < -0.3 is 30.3 Å². The lowest BCUT2D eigenvalue weighted by molar-refractivity contribution is -0.207. The van der Waals surface area contributed by atoms with Gasteiger partial charge in [-0.05, 0) is 53.5 Å². The van der Waals surface area contributed by atoms with Crippen LogP contribution in [0.2, 0.25) is 0 Å². The van der Waals surface area contributed by atoms with E-state index in [0.717, 1.165) is 11.1 Å². The van der Waals surface area contributed by atoms with Gasteiger partial charge in [-0.15, -0.1) is 0 Å². The van der Waals surface area contributed by atoms with Gasteiger partial charge in [0.2, 0.25) is 0 Å².